The van der Waals surface area contributed by atoms with Crippen molar-refractivity contribution in [3.8, 4) is 17.6 Å². The molecule has 0 aliphatic rings. The van der Waals surface area contributed by atoms with Crippen molar-refractivity contribution in [2.45, 2.75) is 6.61 Å². The van der Waals surface area contributed by atoms with Gasteiger partial charge in [-0.3, -0.25) is 0 Å². The topological polar surface area (TPSA) is 68.3 Å². The first-order valence-electron chi connectivity index (χ1n) is 5.79. The molecule has 4 heteroatoms. The molecule has 0 heterocycles. The van der Waals surface area contributed by atoms with Gasteiger partial charge in [-0.1, -0.05) is 18.2 Å². The standard InChI is InChI=1S/C15H14N2O2/c1-18-14-5-3-2-4-12(14)10-19-15-7-6-11(9-16)8-13(15)17/h2-8H,10,17H2,1H3. The molecule has 0 bridgehead atoms. The molecule has 2 N–H and O–H groups in total. The van der Waals surface area contributed by atoms with Crippen molar-refractivity contribution >= 4 is 5.69 Å². The summed E-state index contributed by atoms with van der Waals surface area (Å²) in [5, 5.41) is 8.77. The Balaban J connectivity index is 2.13. The second-order valence-electron chi connectivity index (χ2n) is 3.96. The molecule has 0 spiro atoms. The molecule has 0 atom stereocenters. The molecule has 96 valence electrons. The van der Waals surface area contributed by atoms with Gasteiger partial charge in [0.15, 0.2) is 0 Å². The van der Waals surface area contributed by atoms with Gasteiger partial charge in [0.1, 0.15) is 18.1 Å². The van der Waals surface area contributed by atoms with Gasteiger partial charge in [0.2, 0.25) is 0 Å². The highest BCUT2D eigenvalue weighted by atomic mass is 16.5. The van der Waals surface area contributed by atoms with Gasteiger partial charge in [-0.2, -0.15) is 5.26 Å². The highest BCUT2D eigenvalue weighted by Crippen LogP contribution is 2.25. The maximum atomic E-state index is 8.77. The Morgan fingerprint density at radius 1 is 1.16 bits per heavy atom. The Labute approximate surface area is 112 Å². The van der Waals surface area contributed by atoms with E-state index < -0.39 is 0 Å². The summed E-state index contributed by atoms with van der Waals surface area (Å²) >= 11 is 0. The quantitative estimate of drug-likeness (QED) is 0.852. The molecular weight excluding hydrogens is 240 g/mol. The summed E-state index contributed by atoms with van der Waals surface area (Å²) in [4.78, 5) is 0. The molecule has 0 unspecified atom stereocenters. The first-order valence-corrected chi connectivity index (χ1v) is 5.79. The number of anilines is 1. The van der Waals surface area contributed by atoms with E-state index in [2.05, 4.69) is 0 Å². The zero-order valence-corrected chi connectivity index (χ0v) is 10.6. The van der Waals surface area contributed by atoms with Crippen LogP contribution in [0.1, 0.15) is 11.1 Å². The predicted octanol–water partition coefficient (Wildman–Crippen LogP) is 2.73. The highest BCUT2D eigenvalue weighted by Gasteiger charge is 2.05. The number of methoxy groups -OCH3 is 1. The first kappa shape index (κ1) is 12.8. The van der Waals surface area contributed by atoms with Crippen LogP contribution in [0.4, 0.5) is 5.69 Å². The number of hydrogen-bond acceptors (Lipinski definition) is 4. The average molecular weight is 254 g/mol. The van der Waals surface area contributed by atoms with E-state index in [0.29, 0.717) is 23.6 Å². The second-order valence-corrected chi connectivity index (χ2v) is 3.96. The Morgan fingerprint density at radius 3 is 2.63 bits per heavy atom. The van der Waals surface area contributed by atoms with Gasteiger partial charge in [0.25, 0.3) is 0 Å². The molecular formula is C15H14N2O2. The van der Waals surface area contributed by atoms with E-state index in [9.17, 15) is 0 Å². The molecule has 0 saturated carbocycles. The van der Waals surface area contributed by atoms with E-state index in [-0.39, 0.29) is 0 Å². The van der Waals surface area contributed by atoms with Crippen molar-refractivity contribution in [1.82, 2.24) is 0 Å². The minimum Gasteiger partial charge on any atom is -0.496 e. The molecule has 0 aliphatic carbocycles. The molecule has 0 aromatic heterocycles. The van der Waals surface area contributed by atoms with Crippen LogP contribution >= 0.6 is 0 Å². The summed E-state index contributed by atoms with van der Waals surface area (Å²) in [5.41, 5.74) is 7.73. The number of nitrogens with two attached hydrogens (primary N) is 1. The second kappa shape index (κ2) is 5.78. The summed E-state index contributed by atoms with van der Waals surface area (Å²) in [6.07, 6.45) is 0. The molecule has 2 aromatic rings. The van der Waals surface area contributed by atoms with E-state index in [1.165, 1.54) is 0 Å². The lowest BCUT2D eigenvalue weighted by molar-refractivity contribution is 0.298. The number of nitriles is 1. The van der Waals surface area contributed by atoms with Crippen molar-refractivity contribution in [2.75, 3.05) is 12.8 Å². The lowest BCUT2D eigenvalue weighted by atomic mass is 10.2. The van der Waals surface area contributed by atoms with Crippen LogP contribution in [0.3, 0.4) is 0 Å². The number of rotatable bonds is 4. The summed E-state index contributed by atoms with van der Waals surface area (Å²) in [5.74, 6) is 1.33. The SMILES string of the molecule is COc1ccccc1COc1ccc(C#N)cc1N. The van der Waals surface area contributed by atoms with Gasteiger partial charge in [0, 0.05) is 5.56 Å². The summed E-state index contributed by atoms with van der Waals surface area (Å²) < 4.78 is 10.9. The molecule has 19 heavy (non-hydrogen) atoms. The summed E-state index contributed by atoms with van der Waals surface area (Å²) in [6, 6.07) is 14.6. The Morgan fingerprint density at radius 2 is 1.95 bits per heavy atom. The van der Waals surface area contributed by atoms with Crippen LogP contribution in [0.25, 0.3) is 0 Å². The minimum absolute atomic E-state index is 0.361. The van der Waals surface area contributed by atoms with Crippen LogP contribution in [-0.4, -0.2) is 7.11 Å². The van der Waals surface area contributed by atoms with Crippen molar-refractivity contribution < 1.29 is 9.47 Å². The predicted molar refractivity (Wildman–Crippen MR) is 72.9 cm³/mol. The van der Waals surface area contributed by atoms with E-state index in [1.54, 1.807) is 25.3 Å². The summed E-state index contributed by atoms with van der Waals surface area (Å²) in [7, 11) is 1.62. The molecule has 2 aromatic carbocycles. The van der Waals surface area contributed by atoms with E-state index in [0.717, 1.165) is 11.3 Å². The Hall–Kier alpha value is -2.67. The van der Waals surface area contributed by atoms with Crippen LogP contribution in [0.15, 0.2) is 42.5 Å². The van der Waals surface area contributed by atoms with E-state index >= 15 is 0 Å². The third kappa shape index (κ3) is 2.96. The fourth-order valence-electron chi connectivity index (χ4n) is 1.73. The molecule has 0 aliphatic heterocycles. The smallest absolute Gasteiger partial charge is 0.142 e. The lowest BCUT2D eigenvalue weighted by Gasteiger charge is -2.11. The zero-order chi connectivity index (χ0) is 13.7. The Kier molecular flexibility index (Phi) is 3.89. The number of nitrogen functional groups attached to an aromatic ring is 1. The summed E-state index contributed by atoms with van der Waals surface area (Å²) in [6.45, 7) is 0.361. The van der Waals surface area contributed by atoms with Crippen molar-refractivity contribution in [1.29, 1.82) is 5.26 Å². The number of benzene rings is 2. The minimum atomic E-state index is 0.361. The first-order chi connectivity index (χ1) is 9.24. The van der Waals surface area contributed by atoms with Gasteiger partial charge < -0.3 is 15.2 Å². The average Bonchev–Trinajstić information content (AvgIpc) is 2.46. The maximum Gasteiger partial charge on any atom is 0.142 e. The molecule has 0 fully saturated rings. The van der Waals surface area contributed by atoms with Crippen LogP contribution in [-0.2, 0) is 6.61 Å². The zero-order valence-electron chi connectivity index (χ0n) is 10.6. The molecule has 0 amide bonds. The van der Waals surface area contributed by atoms with Gasteiger partial charge in [-0.25, -0.2) is 0 Å². The van der Waals surface area contributed by atoms with Crippen molar-refractivity contribution in [3.63, 3.8) is 0 Å². The largest absolute Gasteiger partial charge is 0.496 e. The maximum absolute atomic E-state index is 8.77. The fraction of sp³-hybridized carbons (Fsp3) is 0.133. The number of ether oxygens (including phenoxy) is 2. The lowest BCUT2D eigenvalue weighted by Crippen LogP contribution is -2.01. The van der Waals surface area contributed by atoms with Gasteiger partial charge in [-0.15, -0.1) is 0 Å². The van der Waals surface area contributed by atoms with Gasteiger partial charge in [0.05, 0.1) is 24.4 Å². The van der Waals surface area contributed by atoms with Crippen molar-refractivity contribution in [2.24, 2.45) is 0 Å². The normalized spacial score (nSPS) is 9.68. The molecule has 0 saturated heterocycles. The van der Waals surface area contributed by atoms with Crippen LogP contribution in [0, 0.1) is 11.3 Å². The fourth-order valence-corrected chi connectivity index (χ4v) is 1.73. The van der Waals surface area contributed by atoms with E-state index in [1.807, 2.05) is 30.3 Å². The van der Waals surface area contributed by atoms with Crippen LogP contribution in [0.5, 0.6) is 11.5 Å². The monoisotopic (exact) mass is 254 g/mol. The molecule has 0 radical (unpaired) electrons. The van der Waals surface area contributed by atoms with Gasteiger partial charge >= 0.3 is 0 Å². The third-order valence-electron chi connectivity index (χ3n) is 2.71. The highest BCUT2D eigenvalue weighted by molar-refractivity contribution is 5.56. The number of nitrogens with zero attached hydrogens (tertiary/aromatic N) is 1. The van der Waals surface area contributed by atoms with Gasteiger partial charge in [-0.05, 0) is 24.3 Å². The van der Waals surface area contributed by atoms with Crippen LogP contribution < -0.4 is 15.2 Å². The Bertz CT molecular complexity index is 618. The van der Waals surface area contributed by atoms with E-state index in [4.69, 9.17) is 20.5 Å². The number of hydrogen-bond donors (Lipinski definition) is 1. The third-order valence-corrected chi connectivity index (χ3v) is 2.71. The number of para-hydroxylation sites is 1. The van der Waals surface area contributed by atoms with Crippen molar-refractivity contribution in [3.05, 3.63) is 53.6 Å². The van der Waals surface area contributed by atoms with Crippen LogP contribution in [0.2, 0.25) is 0 Å². The molecule has 2 rings (SSSR count). The molecule has 4 nitrogen and oxygen atoms in total.